The van der Waals surface area contributed by atoms with Gasteiger partial charge in [0.05, 0.1) is 38.8 Å². The van der Waals surface area contributed by atoms with Gasteiger partial charge in [-0.1, -0.05) is 200 Å². The summed E-state index contributed by atoms with van der Waals surface area (Å²) in [6, 6.07) is 86.3. The van der Waals surface area contributed by atoms with Gasteiger partial charge >= 0.3 is 0 Å². The lowest BCUT2D eigenvalue weighted by Crippen LogP contribution is -2.07. The molecule has 4 heterocycles. The SMILES string of the molecule is c1ccc(-c2ccc(-c3nc(-c4ccccc4)nc(-n4c5ccccc5c5cc(-n6c7ccccc7c7ccccc76)c6c7ccccc7n(-c7ccc(-c8ccccc8)cc7)c6c54)n3)cc2)cc1. The Kier molecular flexibility index (Phi) is 8.79. The molecule has 0 saturated carbocycles. The van der Waals surface area contributed by atoms with Crippen molar-refractivity contribution in [3.63, 3.8) is 0 Å². The van der Waals surface area contributed by atoms with Crippen molar-refractivity contribution in [2.24, 2.45) is 0 Å². The molecule has 6 heteroatoms. The van der Waals surface area contributed by atoms with E-state index in [4.69, 9.17) is 15.0 Å². The number of aromatic nitrogens is 6. The number of benzene rings is 10. The highest BCUT2D eigenvalue weighted by Crippen LogP contribution is 2.46. The van der Waals surface area contributed by atoms with Crippen molar-refractivity contribution in [3.8, 4) is 62.4 Å². The third-order valence-electron chi connectivity index (χ3n) is 13.7. The minimum absolute atomic E-state index is 0.541. The van der Waals surface area contributed by atoms with E-state index in [1.807, 2.05) is 24.3 Å². The highest BCUT2D eigenvalue weighted by molar-refractivity contribution is 6.27. The average molecular weight is 881 g/mol. The summed E-state index contributed by atoms with van der Waals surface area (Å²) in [4.78, 5) is 16.1. The highest BCUT2D eigenvalue weighted by Gasteiger charge is 2.27. The zero-order valence-electron chi connectivity index (χ0n) is 37.3. The first-order chi connectivity index (χ1) is 34.2. The molecule has 0 N–H and O–H groups in total. The lowest BCUT2D eigenvalue weighted by molar-refractivity contribution is 0.953. The average Bonchev–Trinajstić information content (AvgIpc) is 4.08. The number of para-hydroxylation sites is 4. The third-order valence-corrected chi connectivity index (χ3v) is 13.7. The second-order valence-electron chi connectivity index (χ2n) is 17.6. The molecule has 0 aliphatic carbocycles. The van der Waals surface area contributed by atoms with E-state index in [1.165, 1.54) is 16.3 Å². The van der Waals surface area contributed by atoms with Crippen LogP contribution in [0.5, 0.6) is 0 Å². The largest absolute Gasteiger partial charge is 0.309 e. The molecule has 0 atom stereocenters. The Labute approximate surface area is 397 Å². The van der Waals surface area contributed by atoms with Crippen LogP contribution in [0.15, 0.2) is 243 Å². The molecule has 0 fully saturated rings. The molecule has 6 nitrogen and oxygen atoms in total. The number of rotatable bonds is 7. The van der Waals surface area contributed by atoms with Gasteiger partial charge in [0.15, 0.2) is 11.6 Å². The van der Waals surface area contributed by atoms with Crippen LogP contribution in [-0.4, -0.2) is 28.7 Å². The Balaban J connectivity index is 1.13. The van der Waals surface area contributed by atoms with E-state index < -0.39 is 0 Å². The molecule has 0 aliphatic heterocycles. The summed E-state index contributed by atoms with van der Waals surface area (Å²) in [6.07, 6.45) is 0. The first kappa shape index (κ1) is 38.8. The Hall–Kier alpha value is -9.39. The van der Waals surface area contributed by atoms with E-state index in [-0.39, 0.29) is 0 Å². The van der Waals surface area contributed by atoms with Crippen molar-refractivity contribution < 1.29 is 0 Å². The van der Waals surface area contributed by atoms with E-state index in [9.17, 15) is 0 Å². The van der Waals surface area contributed by atoms with Crippen molar-refractivity contribution in [1.82, 2.24) is 28.7 Å². The van der Waals surface area contributed by atoms with Crippen LogP contribution in [0.3, 0.4) is 0 Å². The Morgan fingerprint density at radius 1 is 0.261 bits per heavy atom. The Morgan fingerprint density at radius 2 is 0.638 bits per heavy atom. The summed E-state index contributed by atoms with van der Waals surface area (Å²) in [5.41, 5.74) is 15.1. The topological polar surface area (TPSA) is 53.5 Å². The second-order valence-corrected chi connectivity index (χ2v) is 17.6. The summed E-state index contributed by atoms with van der Waals surface area (Å²) < 4.78 is 7.21. The number of fused-ring (bicyclic) bond motifs is 10. The molecule has 69 heavy (non-hydrogen) atoms. The van der Waals surface area contributed by atoms with E-state index in [0.29, 0.717) is 17.6 Å². The van der Waals surface area contributed by atoms with Gasteiger partial charge in [0, 0.05) is 49.1 Å². The van der Waals surface area contributed by atoms with Crippen LogP contribution >= 0.6 is 0 Å². The maximum atomic E-state index is 5.46. The summed E-state index contributed by atoms with van der Waals surface area (Å²) in [6.45, 7) is 0. The zero-order valence-corrected chi connectivity index (χ0v) is 37.3. The van der Waals surface area contributed by atoms with Gasteiger partial charge in [-0.15, -0.1) is 0 Å². The van der Waals surface area contributed by atoms with Crippen LogP contribution in [0, 0.1) is 0 Å². The van der Waals surface area contributed by atoms with Crippen molar-refractivity contribution in [2.75, 3.05) is 0 Å². The summed E-state index contributed by atoms with van der Waals surface area (Å²) in [5, 5.41) is 6.90. The maximum Gasteiger partial charge on any atom is 0.238 e. The lowest BCUT2D eigenvalue weighted by Gasteiger charge is -2.16. The lowest BCUT2D eigenvalue weighted by atomic mass is 10.0. The van der Waals surface area contributed by atoms with Crippen molar-refractivity contribution in [2.45, 2.75) is 0 Å². The van der Waals surface area contributed by atoms with Crippen LogP contribution in [0.4, 0.5) is 0 Å². The van der Waals surface area contributed by atoms with E-state index in [1.54, 1.807) is 0 Å². The second kappa shape index (κ2) is 15.6. The number of hydrogen-bond donors (Lipinski definition) is 0. The van der Waals surface area contributed by atoms with Gasteiger partial charge in [-0.25, -0.2) is 4.98 Å². The third kappa shape index (κ3) is 6.16. The smallest absolute Gasteiger partial charge is 0.238 e. The van der Waals surface area contributed by atoms with Gasteiger partial charge in [-0.2, -0.15) is 9.97 Å². The Bertz CT molecular complexity index is 4210. The van der Waals surface area contributed by atoms with E-state index in [0.717, 1.165) is 93.8 Å². The first-order valence-corrected chi connectivity index (χ1v) is 23.4. The van der Waals surface area contributed by atoms with Crippen LogP contribution in [0.25, 0.3) is 128 Å². The maximum absolute atomic E-state index is 5.46. The fourth-order valence-corrected chi connectivity index (χ4v) is 10.6. The minimum atomic E-state index is 0.541. The molecule has 14 aromatic rings. The molecule has 0 unspecified atom stereocenters. The van der Waals surface area contributed by atoms with Gasteiger partial charge in [-0.05, 0) is 64.7 Å². The van der Waals surface area contributed by atoms with Crippen LogP contribution in [-0.2, 0) is 0 Å². The summed E-state index contributed by atoms with van der Waals surface area (Å²) in [7, 11) is 0. The minimum Gasteiger partial charge on any atom is -0.309 e. The summed E-state index contributed by atoms with van der Waals surface area (Å²) in [5.74, 6) is 1.74. The van der Waals surface area contributed by atoms with Crippen molar-refractivity contribution in [1.29, 1.82) is 0 Å². The van der Waals surface area contributed by atoms with Gasteiger partial charge in [0.25, 0.3) is 0 Å². The molecule has 0 aliphatic rings. The quantitative estimate of drug-likeness (QED) is 0.160. The first-order valence-electron chi connectivity index (χ1n) is 23.4. The molecule has 322 valence electrons. The predicted molar refractivity (Wildman–Crippen MR) is 285 cm³/mol. The van der Waals surface area contributed by atoms with Gasteiger partial charge in [-0.3, -0.25) is 4.57 Å². The predicted octanol–water partition coefficient (Wildman–Crippen LogP) is 15.8. The fourth-order valence-electron chi connectivity index (χ4n) is 10.6. The molecule has 0 bridgehead atoms. The molecule has 10 aromatic carbocycles. The van der Waals surface area contributed by atoms with E-state index >= 15 is 0 Å². The normalized spacial score (nSPS) is 11.8. The standard InChI is InChI=1S/C63H40N6/c1-4-18-41(19-5-1)43-32-34-46(35-33-43)62-64-61(45-22-8-3-9-23-45)65-63(66-62)69-55-30-16-12-26-50(55)52-40-57(68-53-28-14-10-24-48(53)49-25-11-15-29-54(49)68)58-51-27-13-17-31-56(51)67(60(58)59(52)69)47-38-36-44(37-39-47)42-20-6-2-7-21-42/h1-40H. The van der Waals surface area contributed by atoms with Crippen LogP contribution < -0.4 is 0 Å². The molecule has 0 saturated heterocycles. The number of nitrogens with zero attached hydrogens (tertiary/aromatic N) is 6. The van der Waals surface area contributed by atoms with Crippen LogP contribution in [0.2, 0.25) is 0 Å². The van der Waals surface area contributed by atoms with Crippen LogP contribution in [0.1, 0.15) is 0 Å². The monoisotopic (exact) mass is 880 g/mol. The molecule has 0 radical (unpaired) electrons. The Morgan fingerprint density at radius 3 is 1.17 bits per heavy atom. The van der Waals surface area contributed by atoms with E-state index in [2.05, 4.69) is 232 Å². The van der Waals surface area contributed by atoms with Crippen molar-refractivity contribution >= 4 is 65.4 Å². The van der Waals surface area contributed by atoms with Gasteiger partial charge in [0.1, 0.15) is 0 Å². The highest BCUT2D eigenvalue weighted by atomic mass is 15.2. The molecular weight excluding hydrogens is 841 g/mol. The van der Waals surface area contributed by atoms with Crippen molar-refractivity contribution in [3.05, 3.63) is 243 Å². The number of hydrogen-bond acceptors (Lipinski definition) is 3. The zero-order chi connectivity index (χ0) is 45.4. The molecule has 0 spiro atoms. The fraction of sp³-hybridized carbons (Fsp3) is 0. The van der Waals surface area contributed by atoms with Gasteiger partial charge in [0.2, 0.25) is 5.95 Å². The molecule has 0 amide bonds. The molecule has 4 aromatic heterocycles. The van der Waals surface area contributed by atoms with Gasteiger partial charge < -0.3 is 9.13 Å². The molecular formula is C63H40N6. The molecule has 14 rings (SSSR count). The summed E-state index contributed by atoms with van der Waals surface area (Å²) >= 11 is 0.